The van der Waals surface area contributed by atoms with Gasteiger partial charge in [-0.05, 0) is 6.07 Å². The van der Waals surface area contributed by atoms with Gasteiger partial charge >= 0.3 is 10.1 Å². The van der Waals surface area contributed by atoms with Crippen molar-refractivity contribution in [1.29, 1.82) is 0 Å². The first-order valence-corrected chi connectivity index (χ1v) is 5.24. The Bertz CT molecular complexity index is 372. The lowest BCUT2D eigenvalue weighted by Gasteiger charge is -2.02. The predicted octanol–water partition coefficient (Wildman–Crippen LogP) is 1.48. The number of benzene rings is 1. The largest absolute Gasteiger partial charge is 0.380 e. The molecular formula is C7H6ClO3S. The average molecular weight is 206 g/mol. The molecule has 0 unspecified atom stereocenters. The van der Waals surface area contributed by atoms with Gasteiger partial charge < -0.3 is 4.18 Å². The molecule has 0 aliphatic rings. The van der Waals surface area contributed by atoms with Crippen LogP contribution in [-0.4, -0.2) is 14.7 Å². The lowest BCUT2D eigenvalue weighted by atomic mass is 10.3. The Morgan fingerprint density at radius 1 is 1.58 bits per heavy atom. The van der Waals surface area contributed by atoms with Gasteiger partial charge in [-0.15, -0.1) is 0 Å². The van der Waals surface area contributed by atoms with Crippen LogP contribution in [-0.2, 0) is 10.1 Å². The highest BCUT2D eigenvalue weighted by molar-refractivity contribution is 7.86. The summed E-state index contributed by atoms with van der Waals surface area (Å²) in [6.45, 7) is 0. The van der Waals surface area contributed by atoms with Gasteiger partial charge in [-0.1, -0.05) is 23.7 Å². The quantitative estimate of drug-likeness (QED) is 0.687. The fourth-order valence-electron chi connectivity index (χ4n) is 0.616. The van der Waals surface area contributed by atoms with E-state index in [-0.39, 0.29) is 10.8 Å². The van der Waals surface area contributed by atoms with E-state index in [1.807, 2.05) is 0 Å². The maximum absolute atomic E-state index is 10.7. The van der Waals surface area contributed by atoms with Crippen LogP contribution in [0.5, 0.6) is 5.75 Å². The summed E-state index contributed by atoms with van der Waals surface area (Å²) in [5.41, 5.74) is 0. The van der Waals surface area contributed by atoms with Gasteiger partial charge in [-0.2, -0.15) is 8.42 Å². The van der Waals surface area contributed by atoms with E-state index in [0.717, 1.165) is 6.26 Å². The van der Waals surface area contributed by atoms with Crippen LogP contribution in [0.4, 0.5) is 0 Å². The van der Waals surface area contributed by atoms with Crippen molar-refractivity contribution >= 4 is 21.7 Å². The van der Waals surface area contributed by atoms with E-state index < -0.39 is 10.1 Å². The van der Waals surface area contributed by atoms with Crippen LogP contribution in [0.2, 0.25) is 5.02 Å². The molecule has 1 aromatic rings. The van der Waals surface area contributed by atoms with Crippen LogP contribution in [0.1, 0.15) is 0 Å². The van der Waals surface area contributed by atoms with Crippen molar-refractivity contribution in [1.82, 2.24) is 0 Å². The number of hydrogen-bond donors (Lipinski definition) is 0. The first-order valence-electron chi connectivity index (χ1n) is 3.05. The number of hydrogen-bond acceptors (Lipinski definition) is 3. The van der Waals surface area contributed by atoms with Gasteiger partial charge in [0.2, 0.25) is 0 Å². The molecule has 0 saturated heterocycles. The minimum Gasteiger partial charge on any atom is -0.380 e. The molecule has 0 N–H and O–H groups in total. The third-order valence-corrected chi connectivity index (χ3v) is 1.77. The number of halogens is 1. The van der Waals surface area contributed by atoms with Crippen LogP contribution < -0.4 is 4.18 Å². The first-order chi connectivity index (χ1) is 5.49. The zero-order chi connectivity index (χ0) is 9.19. The van der Waals surface area contributed by atoms with Crippen LogP contribution in [0.3, 0.4) is 0 Å². The third-order valence-electron chi connectivity index (χ3n) is 1.00. The van der Waals surface area contributed by atoms with E-state index in [2.05, 4.69) is 10.2 Å². The molecule has 0 fully saturated rings. The Balaban J connectivity index is 2.98. The molecule has 1 radical (unpaired) electrons. The summed E-state index contributed by atoms with van der Waals surface area (Å²) in [6.07, 6.45) is 0.949. The molecule has 0 saturated carbocycles. The molecule has 0 amide bonds. The Hall–Kier alpha value is -0.740. The SMILES string of the molecule is CS(=O)(=O)Oc1[c]cccc1Cl. The zero-order valence-corrected chi connectivity index (χ0v) is 7.82. The van der Waals surface area contributed by atoms with Crippen molar-refractivity contribution < 1.29 is 12.6 Å². The molecule has 0 aliphatic heterocycles. The zero-order valence-electron chi connectivity index (χ0n) is 6.24. The first kappa shape index (κ1) is 9.35. The topological polar surface area (TPSA) is 43.4 Å². The normalized spacial score (nSPS) is 11.2. The van der Waals surface area contributed by atoms with Crippen molar-refractivity contribution in [3.05, 3.63) is 29.3 Å². The molecule has 0 heterocycles. The molecule has 0 aromatic heterocycles. The summed E-state index contributed by atoms with van der Waals surface area (Å²) in [4.78, 5) is 0. The van der Waals surface area contributed by atoms with Crippen LogP contribution in [0, 0.1) is 6.07 Å². The van der Waals surface area contributed by atoms with Crippen molar-refractivity contribution in [2.45, 2.75) is 0 Å². The maximum Gasteiger partial charge on any atom is 0.306 e. The summed E-state index contributed by atoms with van der Waals surface area (Å²) < 4.78 is 25.8. The molecule has 5 heteroatoms. The summed E-state index contributed by atoms with van der Waals surface area (Å²) >= 11 is 5.61. The highest BCUT2D eigenvalue weighted by Crippen LogP contribution is 2.23. The molecule has 0 bridgehead atoms. The Labute approximate surface area is 76.0 Å². The van der Waals surface area contributed by atoms with Crippen molar-refractivity contribution in [3.8, 4) is 5.75 Å². The molecule has 1 aromatic carbocycles. The van der Waals surface area contributed by atoms with E-state index in [4.69, 9.17) is 11.6 Å². The Kier molecular flexibility index (Phi) is 2.59. The van der Waals surface area contributed by atoms with E-state index in [1.165, 1.54) is 12.1 Å². The number of para-hydroxylation sites is 1. The van der Waals surface area contributed by atoms with Gasteiger partial charge in [0.25, 0.3) is 0 Å². The highest BCUT2D eigenvalue weighted by Gasteiger charge is 2.07. The molecule has 0 atom stereocenters. The lowest BCUT2D eigenvalue weighted by Crippen LogP contribution is -2.05. The molecule has 3 nitrogen and oxygen atoms in total. The molecule has 12 heavy (non-hydrogen) atoms. The van der Waals surface area contributed by atoms with Gasteiger partial charge in [0.05, 0.1) is 11.3 Å². The predicted molar refractivity (Wildman–Crippen MR) is 45.8 cm³/mol. The van der Waals surface area contributed by atoms with Crippen LogP contribution in [0.25, 0.3) is 0 Å². The van der Waals surface area contributed by atoms with Crippen molar-refractivity contribution in [3.63, 3.8) is 0 Å². The highest BCUT2D eigenvalue weighted by atomic mass is 35.5. The molecule has 1 rings (SSSR count). The average Bonchev–Trinajstić information content (AvgIpc) is 1.91. The fraction of sp³-hybridized carbons (Fsp3) is 0.143. The van der Waals surface area contributed by atoms with E-state index >= 15 is 0 Å². The number of rotatable bonds is 2. The van der Waals surface area contributed by atoms with Crippen molar-refractivity contribution in [2.24, 2.45) is 0 Å². The van der Waals surface area contributed by atoms with Gasteiger partial charge in [0.15, 0.2) is 5.75 Å². The molecule has 0 spiro atoms. The van der Waals surface area contributed by atoms with E-state index in [9.17, 15) is 8.42 Å². The third kappa shape index (κ3) is 2.71. The molecule has 0 aliphatic carbocycles. The second-order valence-electron chi connectivity index (χ2n) is 2.13. The van der Waals surface area contributed by atoms with Crippen LogP contribution >= 0.6 is 11.6 Å². The summed E-state index contributed by atoms with van der Waals surface area (Å²) in [5, 5.41) is 0.225. The van der Waals surface area contributed by atoms with Gasteiger partial charge in [-0.3, -0.25) is 0 Å². The monoisotopic (exact) mass is 205 g/mol. The van der Waals surface area contributed by atoms with Crippen LogP contribution in [0.15, 0.2) is 18.2 Å². The summed E-state index contributed by atoms with van der Waals surface area (Å²) in [6, 6.07) is 7.24. The standard InChI is InChI=1S/C7H6ClO3S/c1-12(9,10)11-7-5-3-2-4-6(7)8/h2-4H,1H3. The maximum atomic E-state index is 10.7. The van der Waals surface area contributed by atoms with Gasteiger partial charge in [0, 0.05) is 6.07 Å². The second-order valence-corrected chi connectivity index (χ2v) is 4.12. The lowest BCUT2D eigenvalue weighted by molar-refractivity contribution is 0.492. The Morgan fingerprint density at radius 2 is 2.25 bits per heavy atom. The van der Waals surface area contributed by atoms with Gasteiger partial charge in [-0.25, -0.2) is 0 Å². The Morgan fingerprint density at radius 3 is 2.75 bits per heavy atom. The summed E-state index contributed by atoms with van der Waals surface area (Å²) in [5.74, 6) is 0.0293. The molecule has 65 valence electrons. The van der Waals surface area contributed by atoms with E-state index in [1.54, 1.807) is 6.07 Å². The van der Waals surface area contributed by atoms with Crippen molar-refractivity contribution in [2.75, 3.05) is 6.26 Å². The van der Waals surface area contributed by atoms with Gasteiger partial charge in [0.1, 0.15) is 0 Å². The second kappa shape index (κ2) is 3.33. The molecular weight excluding hydrogens is 200 g/mol. The summed E-state index contributed by atoms with van der Waals surface area (Å²) in [7, 11) is -3.52. The van der Waals surface area contributed by atoms with E-state index in [0.29, 0.717) is 0 Å². The minimum atomic E-state index is -3.52. The smallest absolute Gasteiger partial charge is 0.306 e. The minimum absolute atomic E-state index is 0.0293. The fourth-order valence-corrected chi connectivity index (χ4v) is 1.27.